The maximum Gasteiger partial charge on any atom is 0.257 e. The molecule has 13 heavy (non-hydrogen) atoms. The van der Waals surface area contributed by atoms with Gasteiger partial charge in [0.15, 0.2) is 0 Å². The van der Waals surface area contributed by atoms with E-state index in [0.29, 0.717) is 6.42 Å². The van der Waals surface area contributed by atoms with Gasteiger partial charge in [0.25, 0.3) is 5.91 Å². The molecule has 2 N–H and O–H groups in total. The summed E-state index contributed by atoms with van der Waals surface area (Å²) in [6.07, 6.45) is 0.702. The fourth-order valence-corrected chi connectivity index (χ4v) is 2.59. The van der Waals surface area contributed by atoms with E-state index in [1.807, 2.05) is 24.3 Å². The first-order chi connectivity index (χ1) is 6.31. The Hall–Kier alpha value is -1.00. The Kier molecular flexibility index (Phi) is 2.24. The molecule has 1 aliphatic rings. The number of benzene rings is 1. The quantitative estimate of drug-likeness (QED) is 0.523. The van der Waals surface area contributed by atoms with Crippen molar-refractivity contribution in [2.45, 2.75) is 16.6 Å². The van der Waals surface area contributed by atoms with Gasteiger partial charge in [0.1, 0.15) is 0 Å². The average Bonchev–Trinajstić information content (AvgIpc) is 2.59. The molecule has 0 aromatic heterocycles. The summed E-state index contributed by atoms with van der Waals surface area (Å²) >= 11 is 1.50. The number of hydrogen-bond acceptors (Lipinski definition) is 3. The van der Waals surface area contributed by atoms with Crippen molar-refractivity contribution in [1.82, 2.24) is 5.48 Å². The van der Waals surface area contributed by atoms with Gasteiger partial charge < -0.3 is 0 Å². The van der Waals surface area contributed by atoms with Crippen molar-refractivity contribution in [3.8, 4) is 0 Å². The molecular formula is C9H9NO2S. The Labute approximate surface area is 80.1 Å². The van der Waals surface area contributed by atoms with Crippen LogP contribution in [0.3, 0.4) is 0 Å². The molecule has 1 atom stereocenters. The summed E-state index contributed by atoms with van der Waals surface area (Å²) < 4.78 is 0. The normalized spacial score (nSPS) is 19.6. The van der Waals surface area contributed by atoms with Crippen LogP contribution < -0.4 is 5.48 Å². The highest BCUT2D eigenvalue weighted by molar-refractivity contribution is 8.01. The van der Waals surface area contributed by atoms with Crippen LogP contribution >= 0.6 is 11.8 Å². The fourth-order valence-electron chi connectivity index (χ4n) is 1.40. The lowest BCUT2D eigenvalue weighted by atomic mass is 10.1. The predicted molar refractivity (Wildman–Crippen MR) is 49.7 cm³/mol. The van der Waals surface area contributed by atoms with E-state index in [0.717, 1.165) is 4.90 Å². The van der Waals surface area contributed by atoms with E-state index in [-0.39, 0.29) is 11.2 Å². The predicted octanol–water partition coefficient (Wildman–Crippen LogP) is 1.21. The van der Waals surface area contributed by atoms with Gasteiger partial charge in [0.2, 0.25) is 0 Å². The Morgan fingerprint density at radius 3 is 3.00 bits per heavy atom. The van der Waals surface area contributed by atoms with E-state index < -0.39 is 0 Å². The molecule has 0 bridgehead atoms. The molecule has 0 fully saturated rings. The Morgan fingerprint density at radius 1 is 1.54 bits per heavy atom. The first-order valence-corrected chi connectivity index (χ1v) is 4.88. The first-order valence-electron chi connectivity index (χ1n) is 4.00. The Bertz CT molecular complexity index is 315. The topological polar surface area (TPSA) is 49.3 Å². The molecule has 0 saturated carbocycles. The molecule has 1 aromatic rings. The molecule has 0 saturated heterocycles. The van der Waals surface area contributed by atoms with Gasteiger partial charge in [-0.25, -0.2) is 5.48 Å². The van der Waals surface area contributed by atoms with Gasteiger partial charge in [0.05, 0.1) is 5.25 Å². The number of hydrogen-bond donors (Lipinski definition) is 2. The summed E-state index contributed by atoms with van der Waals surface area (Å²) in [5.74, 6) is -0.318. The minimum atomic E-state index is -0.318. The molecule has 0 aliphatic carbocycles. The number of rotatable bonds is 1. The van der Waals surface area contributed by atoms with Gasteiger partial charge >= 0.3 is 0 Å². The lowest BCUT2D eigenvalue weighted by Gasteiger charge is -2.03. The highest BCUT2D eigenvalue weighted by Crippen LogP contribution is 2.36. The van der Waals surface area contributed by atoms with Gasteiger partial charge in [-0.2, -0.15) is 0 Å². The smallest absolute Gasteiger partial charge is 0.257 e. The van der Waals surface area contributed by atoms with Crippen LogP contribution in [0.25, 0.3) is 0 Å². The van der Waals surface area contributed by atoms with Crippen LogP contribution in [-0.2, 0) is 11.2 Å². The molecular weight excluding hydrogens is 186 g/mol. The number of carbonyl (C=O) groups is 1. The number of thioether (sulfide) groups is 1. The summed E-state index contributed by atoms with van der Waals surface area (Å²) in [7, 11) is 0. The minimum Gasteiger partial charge on any atom is -0.289 e. The molecule has 0 spiro atoms. The van der Waals surface area contributed by atoms with Crippen LogP contribution in [0.15, 0.2) is 29.2 Å². The van der Waals surface area contributed by atoms with Crippen molar-refractivity contribution in [2.75, 3.05) is 0 Å². The van der Waals surface area contributed by atoms with Crippen molar-refractivity contribution in [3.05, 3.63) is 29.8 Å². The lowest BCUT2D eigenvalue weighted by molar-refractivity contribution is -0.128. The summed E-state index contributed by atoms with van der Waals surface area (Å²) in [5.41, 5.74) is 2.86. The second kappa shape index (κ2) is 3.40. The van der Waals surface area contributed by atoms with Crippen LogP contribution in [0.1, 0.15) is 5.56 Å². The van der Waals surface area contributed by atoms with Gasteiger partial charge in [-0.15, -0.1) is 11.8 Å². The van der Waals surface area contributed by atoms with Gasteiger partial charge in [-0.05, 0) is 18.1 Å². The van der Waals surface area contributed by atoms with Crippen LogP contribution in [0, 0.1) is 0 Å². The zero-order valence-corrected chi connectivity index (χ0v) is 7.67. The van der Waals surface area contributed by atoms with E-state index in [2.05, 4.69) is 0 Å². The van der Waals surface area contributed by atoms with Gasteiger partial charge in [0, 0.05) is 4.90 Å². The minimum absolute atomic E-state index is 0.178. The maximum absolute atomic E-state index is 11.1. The van der Waals surface area contributed by atoms with Crippen LogP contribution in [0.2, 0.25) is 0 Å². The lowest BCUT2D eigenvalue weighted by Crippen LogP contribution is -2.29. The third-order valence-corrected chi connectivity index (χ3v) is 3.37. The second-order valence-electron chi connectivity index (χ2n) is 2.89. The molecule has 4 heteroatoms. The number of carbonyl (C=O) groups excluding carboxylic acids is 1. The average molecular weight is 195 g/mol. The monoisotopic (exact) mass is 195 g/mol. The Morgan fingerprint density at radius 2 is 2.31 bits per heavy atom. The third-order valence-electron chi connectivity index (χ3n) is 2.05. The molecule has 1 unspecified atom stereocenters. The largest absolute Gasteiger partial charge is 0.289 e. The van der Waals surface area contributed by atoms with E-state index in [1.54, 1.807) is 5.48 Å². The number of nitrogens with one attached hydrogen (secondary N) is 1. The zero-order valence-electron chi connectivity index (χ0n) is 6.86. The van der Waals surface area contributed by atoms with Gasteiger partial charge in [-0.1, -0.05) is 18.2 Å². The molecule has 1 aliphatic heterocycles. The maximum atomic E-state index is 11.1. The van der Waals surface area contributed by atoms with Crippen molar-refractivity contribution in [1.29, 1.82) is 0 Å². The fraction of sp³-hybridized carbons (Fsp3) is 0.222. The highest BCUT2D eigenvalue weighted by Gasteiger charge is 2.27. The van der Waals surface area contributed by atoms with E-state index in [4.69, 9.17) is 5.21 Å². The SMILES string of the molecule is O=C(NO)C1Cc2ccccc2S1. The van der Waals surface area contributed by atoms with Crippen LogP contribution in [-0.4, -0.2) is 16.4 Å². The summed E-state index contributed by atoms with van der Waals surface area (Å²) in [6, 6.07) is 7.90. The van der Waals surface area contributed by atoms with E-state index in [1.165, 1.54) is 17.3 Å². The standard InChI is InChI=1S/C9H9NO2S/c11-9(10-12)8-5-6-3-1-2-4-7(6)13-8/h1-4,8,12H,5H2,(H,10,11). The number of hydroxylamine groups is 1. The van der Waals surface area contributed by atoms with Crippen molar-refractivity contribution in [2.24, 2.45) is 0 Å². The van der Waals surface area contributed by atoms with Crippen molar-refractivity contribution in [3.63, 3.8) is 0 Å². The molecule has 0 radical (unpaired) electrons. The summed E-state index contributed by atoms with van der Waals surface area (Å²) in [6.45, 7) is 0. The first kappa shape index (κ1) is 8.59. The van der Waals surface area contributed by atoms with Crippen molar-refractivity contribution < 1.29 is 10.0 Å². The molecule has 1 aromatic carbocycles. The van der Waals surface area contributed by atoms with Crippen molar-refractivity contribution >= 4 is 17.7 Å². The Balaban J connectivity index is 2.18. The molecule has 1 heterocycles. The summed E-state index contributed by atoms with van der Waals surface area (Å²) in [5, 5.41) is 8.28. The van der Waals surface area contributed by atoms with E-state index >= 15 is 0 Å². The molecule has 3 nitrogen and oxygen atoms in total. The number of fused-ring (bicyclic) bond motifs is 1. The van der Waals surface area contributed by atoms with Crippen LogP contribution in [0.5, 0.6) is 0 Å². The number of amides is 1. The molecule has 1 amide bonds. The molecule has 2 rings (SSSR count). The summed E-state index contributed by atoms with van der Waals surface area (Å²) in [4.78, 5) is 12.2. The zero-order chi connectivity index (χ0) is 9.26. The highest BCUT2D eigenvalue weighted by atomic mass is 32.2. The molecule has 68 valence electrons. The van der Waals surface area contributed by atoms with Crippen LogP contribution in [0.4, 0.5) is 0 Å². The third kappa shape index (κ3) is 1.55. The second-order valence-corrected chi connectivity index (χ2v) is 4.14. The van der Waals surface area contributed by atoms with E-state index in [9.17, 15) is 4.79 Å². The van der Waals surface area contributed by atoms with Gasteiger partial charge in [-0.3, -0.25) is 10.0 Å².